The number of rotatable bonds is 8. The molecule has 0 aliphatic carbocycles. The number of tetrazole rings is 1. The fourth-order valence-electron chi connectivity index (χ4n) is 3.42. The number of ether oxygens (including phenoxy) is 1. The van der Waals surface area contributed by atoms with E-state index >= 15 is 8.78 Å². The lowest BCUT2D eigenvalue weighted by Crippen LogP contribution is -2.48. The van der Waals surface area contributed by atoms with Crippen molar-refractivity contribution >= 4 is 0 Å². The Kier molecular flexibility index (Phi) is 6.63. The molecule has 0 aliphatic rings. The molecule has 1 unspecified atom stereocenters. The molecule has 0 aliphatic heterocycles. The molecule has 4 aromatic rings. The van der Waals surface area contributed by atoms with Crippen LogP contribution in [0, 0.1) is 28.8 Å². The highest BCUT2D eigenvalue weighted by Gasteiger charge is 2.58. The van der Waals surface area contributed by atoms with Gasteiger partial charge in [-0.1, -0.05) is 6.07 Å². The molecule has 0 amide bonds. The van der Waals surface area contributed by atoms with Gasteiger partial charge in [-0.05, 0) is 46.8 Å². The molecule has 2 heterocycles. The number of hydrogen-bond acceptors (Lipinski definition) is 7. The molecule has 0 spiro atoms. The van der Waals surface area contributed by atoms with Gasteiger partial charge < -0.3 is 9.84 Å². The topological polar surface area (TPSA) is 110 Å². The highest BCUT2D eigenvalue weighted by atomic mass is 19.3. The molecule has 0 saturated heterocycles. The minimum atomic E-state index is -4.23. The number of benzene rings is 2. The Morgan fingerprint density at radius 2 is 1.83 bits per heavy atom. The number of nitriles is 1. The third-order valence-corrected chi connectivity index (χ3v) is 5.31. The lowest BCUT2D eigenvalue weighted by molar-refractivity contribution is -0.207. The first-order valence-electron chi connectivity index (χ1n) is 10.2. The smallest absolute Gasteiger partial charge is 0.323 e. The van der Waals surface area contributed by atoms with E-state index in [2.05, 4.69) is 20.5 Å². The van der Waals surface area contributed by atoms with E-state index in [1.165, 1.54) is 12.1 Å². The van der Waals surface area contributed by atoms with Crippen LogP contribution in [0.25, 0.3) is 0 Å². The molecule has 2 aromatic carbocycles. The molecule has 8 nitrogen and oxygen atoms in total. The molecule has 0 radical (unpaired) electrons. The van der Waals surface area contributed by atoms with Gasteiger partial charge in [-0.15, -0.1) is 5.10 Å². The van der Waals surface area contributed by atoms with Crippen LogP contribution in [0.3, 0.4) is 0 Å². The second kappa shape index (κ2) is 9.67. The van der Waals surface area contributed by atoms with Gasteiger partial charge in [0.2, 0.25) is 0 Å². The lowest BCUT2D eigenvalue weighted by atomic mass is 9.84. The minimum Gasteiger partial charge on any atom is -0.487 e. The third-order valence-electron chi connectivity index (χ3n) is 5.31. The van der Waals surface area contributed by atoms with Crippen LogP contribution >= 0.6 is 0 Å². The van der Waals surface area contributed by atoms with Gasteiger partial charge in [0, 0.05) is 17.2 Å². The normalized spacial score (nSPS) is 13.1. The highest BCUT2D eigenvalue weighted by Crippen LogP contribution is 2.46. The first kappa shape index (κ1) is 24.7. The largest absolute Gasteiger partial charge is 0.487 e. The molecule has 13 heteroatoms. The van der Waals surface area contributed by atoms with Crippen molar-refractivity contribution in [3.63, 3.8) is 0 Å². The van der Waals surface area contributed by atoms with Gasteiger partial charge in [0.25, 0.3) is 0 Å². The Labute approximate surface area is 200 Å². The van der Waals surface area contributed by atoms with Crippen molar-refractivity contribution in [2.75, 3.05) is 0 Å². The van der Waals surface area contributed by atoms with Crippen molar-refractivity contribution in [2.24, 2.45) is 0 Å². The zero-order valence-electron chi connectivity index (χ0n) is 18.1. The summed E-state index contributed by atoms with van der Waals surface area (Å²) >= 11 is 0. The zero-order valence-corrected chi connectivity index (χ0v) is 18.1. The fourth-order valence-corrected chi connectivity index (χ4v) is 3.42. The summed E-state index contributed by atoms with van der Waals surface area (Å²) in [6.45, 7) is -1.27. The maximum atomic E-state index is 15.7. The van der Waals surface area contributed by atoms with Crippen LogP contribution in [-0.2, 0) is 24.7 Å². The predicted molar refractivity (Wildman–Crippen MR) is 112 cm³/mol. The first-order chi connectivity index (χ1) is 17.1. The van der Waals surface area contributed by atoms with E-state index in [1.807, 2.05) is 0 Å². The van der Waals surface area contributed by atoms with Crippen LogP contribution in [0.4, 0.5) is 22.0 Å². The van der Waals surface area contributed by atoms with Crippen molar-refractivity contribution in [2.45, 2.75) is 24.7 Å². The number of alkyl halides is 2. The molecule has 184 valence electrons. The minimum absolute atomic E-state index is 0.00436. The van der Waals surface area contributed by atoms with E-state index in [1.54, 1.807) is 6.07 Å². The molecule has 1 atom stereocenters. The zero-order chi connectivity index (χ0) is 25.9. The van der Waals surface area contributed by atoms with Crippen molar-refractivity contribution in [3.05, 3.63) is 101 Å². The van der Waals surface area contributed by atoms with Gasteiger partial charge in [-0.25, -0.2) is 17.9 Å². The van der Waals surface area contributed by atoms with E-state index in [4.69, 9.17) is 10.00 Å². The average molecular weight is 502 g/mol. The van der Waals surface area contributed by atoms with Gasteiger partial charge in [0.05, 0.1) is 24.4 Å². The number of pyridine rings is 1. The van der Waals surface area contributed by atoms with Crippen LogP contribution in [-0.4, -0.2) is 30.3 Å². The van der Waals surface area contributed by atoms with Gasteiger partial charge in [-0.2, -0.15) is 14.0 Å². The van der Waals surface area contributed by atoms with Gasteiger partial charge in [0.1, 0.15) is 41.8 Å². The van der Waals surface area contributed by atoms with E-state index < -0.39 is 46.8 Å². The van der Waals surface area contributed by atoms with Crippen molar-refractivity contribution in [1.29, 1.82) is 5.26 Å². The second-order valence-corrected chi connectivity index (χ2v) is 7.65. The van der Waals surface area contributed by atoms with E-state index in [9.17, 15) is 18.3 Å². The van der Waals surface area contributed by atoms with Crippen LogP contribution in [0.2, 0.25) is 0 Å². The van der Waals surface area contributed by atoms with Crippen molar-refractivity contribution in [1.82, 2.24) is 25.2 Å². The molecule has 4 rings (SSSR count). The fraction of sp³-hybridized carbons (Fsp3) is 0.174. The van der Waals surface area contributed by atoms with E-state index in [-0.39, 0.29) is 23.5 Å². The Bertz CT molecular complexity index is 1410. The van der Waals surface area contributed by atoms with Crippen molar-refractivity contribution in [3.8, 4) is 11.8 Å². The molecule has 36 heavy (non-hydrogen) atoms. The highest BCUT2D eigenvalue weighted by molar-refractivity contribution is 5.34. The van der Waals surface area contributed by atoms with Crippen molar-refractivity contribution < 1.29 is 31.8 Å². The first-order valence-corrected chi connectivity index (χ1v) is 10.2. The number of halogens is 5. The summed E-state index contributed by atoms with van der Waals surface area (Å²) in [5.74, 6) is -7.35. The summed E-state index contributed by atoms with van der Waals surface area (Å²) in [5, 5.41) is 30.0. The monoisotopic (exact) mass is 502 g/mol. The molecule has 0 bridgehead atoms. The summed E-state index contributed by atoms with van der Waals surface area (Å²) in [6.07, 6.45) is 1.86. The van der Waals surface area contributed by atoms with Gasteiger partial charge >= 0.3 is 5.92 Å². The lowest BCUT2D eigenvalue weighted by Gasteiger charge is -2.35. The summed E-state index contributed by atoms with van der Waals surface area (Å²) in [5.41, 5.74) is -4.90. The Morgan fingerprint density at radius 3 is 2.44 bits per heavy atom. The molecule has 2 aromatic heterocycles. The standard InChI is InChI=1S/C23H15F5N6O2/c24-16-3-5-18(20(26)8-16)22(35,12-34-13-31-32-33-34)23(27,28)21-6-4-17(10-30-21)36-11-15-2-1-14(9-29)7-19(15)25/h1-8,10,13,35H,11-12H2. The number of hydrogen-bond donors (Lipinski definition) is 1. The maximum absolute atomic E-state index is 15.7. The number of nitrogens with zero attached hydrogens (tertiary/aromatic N) is 6. The van der Waals surface area contributed by atoms with E-state index in [0.29, 0.717) is 12.1 Å². The second-order valence-electron chi connectivity index (χ2n) is 7.65. The summed E-state index contributed by atoms with van der Waals surface area (Å²) in [7, 11) is 0. The quantitative estimate of drug-likeness (QED) is 0.367. The van der Waals surface area contributed by atoms with E-state index in [0.717, 1.165) is 41.5 Å². The van der Waals surface area contributed by atoms with Crippen LogP contribution in [0.5, 0.6) is 5.75 Å². The molecular formula is C23H15F5N6O2. The van der Waals surface area contributed by atoms with Gasteiger partial charge in [0.15, 0.2) is 5.60 Å². The third kappa shape index (κ3) is 4.71. The summed E-state index contributed by atoms with van der Waals surface area (Å²) in [4.78, 5) is 3.65. The molecule has 1 N–H and O–H groups in total. The SMILES string of the molecule is N#Cc1ccc(COc2ccc(C(F)(F)C(O)(Cn3cnnn3)c3ccc(F)cc3F)nc2)c(F)c1. The average Bonchev–Trinajstić information content (AvgIpc) is 3.36. The molecule has 0 fully saturated rings. The molecule has 0 saturated carbocycles. The maximum Gasteiger partial charge on any atom is 0.323 e. The number of aromatic nitrogens is 5. The Morgan fingerprint density at radius 1 is 1.03 bits per heavy atom. The predicted octanol–water partition coefficient (Wildman–Crippen LogP) is 3.62. The van der Waals surface area contributed by atoms with Gasteiger partial charge in [-0.3, -0.25) is 4.98 Å². The van der Waals surface area contributed by atoms with Crippen LogP contribution in [0.15, 0.2) is 61.1 Å². The molecular weight excluding hydrogens is 487 g/mol. The Balaban J connectivity index is 1.62. The van der Waals surface area contributed by atoms with Crippen LogP contribution < -0.4 is 4.74 Å². The summed E-state index contributed by atoms with van der Waals surface area (Å²) in [6, 6.07) is 9.31. The summed E-state index contributed by atoms with van der Waals surface area (Å²) < 4.78 is 79.5. The van der Waals surface area contributed by atoms with Crippen LogP contribution in [0.1, 0.15) is 22.4 Å². The number of aliphatic hydroxyl groups is 1. The Hall–Kier alpha value is -4.44.